The fraction of sp³-hybridized carbons (Fsp3) is 0.375. The van der Waals surface area contributed by atoms with Crippen LogP contribution in [0.3, 0.4) is 0 Å². The van der Waals surface area contributed by atoms with Gasteiger partial charge in [-0.05, 0) is 36.8 Å². The molecule has 4 heteroatoms. The summed E-state index contributed by atoms with van der Waals surface area (Å²) in [6.45, 7) is 0. The summed E-state index contributed by atoms with van der Waals surface area (Å²) < 4.78 is 0. The Bertz CT molecular complexity index is 627. The molecule has 0 bridgehead atoms. The summed E-state index contributed by atoms with van der Waals surface area (Å²) in [7, 11) is 0. The van der Waals surface area contributed by atoms with Crippen LogP contribution in [0.5, 0.6) is 0 Å². The zero-order chi connectivity index (χ0) is 13.5. The van der Waals surface area contributed by atoms with Gasteiger partial charge in [0.1, 0.15) is 16.8 Å². The maximum atomic E-state index is 6.11. The summed E-state index contributed by atoms with van der Waals surface area (Å²) in [6.07, 6.45) is 4.48. The van der Waals surface area contributed by atoms with Crippen LogP contribution in [0, 0.1) is 0 Å². The molecular weight excluding hydrogens is 270 g/mol. The Kier molecular flexibility index (Phi) is 2.88. The van der Waals surface area contributed by atoms with E-state index in [2.05, 4.69) is 39.6 Å². The molecule has 0 aliphatic heterocycles. The molecule has 1 heterocycles. The third-order valence-electron chi connectivity index (χ3n) is 4.06. The molecule has 1 aromatic carbocycles. The van der Waals surface area contributed by atoms with Crippen molar-refractivity contribution in [2.45, 2.75) is 37.6 Å². The number of rotatable bonds is 3. The summed E-state index contributed by atoms with van der Waals surface area (Å²) in [6, 6.07) is 10.9. The summed E-state index contributed by atoms with van der Waals surface area (Å²) in [5, 5.41) is 4.06. The van der Waals surface area contributed by atoms with E-state index in [-0.39, 0.29) is 0 Å². The van der Waals surface area contributed by atoms with E-state index in [1.165, 1.54) is 24.0 Å². The van der Waals surface area contributed by atoms with E-state index >= 15 is 0 Å². The van der Waals surface area contributed by atoms with Crippen molar-refractivity contribution in [2.75, 3.05) is 5.32 Å². The second kappa shape index (κ2) is 4.74. The molecule has 2 aliphatic rings. The lowest BCUT2D eigenvalue weighted by Gasteiger charge is -2.13. The van der Waals surface area contributed by atoms with Gasteiger partial charge < -0.3 is 5.32 Å². The second-order valence-corrected chi connectivity index (χ2v) is 6.11. The Hall–Kier alpha value is -1.61. The van der Waals surface area contributed by atoms with Crippen LogP contribution < -0.4 is 5.32 Å². The predicted molar refractivity (Wildman–Crippen MR) is 80.3 cm³/mol. The smallest absolute Gasteiger partial charge is 0.135 e. The fourth-order valence-corrected chi connectivity index (χ4v) is 3.09. The van der Waals surface area contributed by atoms with Crippen LogP contribution in [-0.4, -0.2) is 16.0 Å². The SMILES string of the molecule is Clc1cc(NC2Cc3ccccc3C2)nc(C2CC2)n1. The topological polar surface area (TPSA) is 37.8 Å². The van der Waals surface area contributed by atoms with Gasteiger partial charge in [-0.15, -0.1) is 0 Å². The molecule has 2 aromatic rings. The number of anilines is 1. The summed E-state index contributed by atoms with van der Waals surface area (Å²) in [5.41, 5.74) is 2.88. The van der Waals surface area contributed by atoms with Gasteiger partial charge in [-0.2, -0.15) is 0 Å². The quantitative estimate of drug-likeness (QED) is 0.876. The summed E-state index contributed by atoms with van der Waals surface area (Å²) >= 11 is 6.11. The van der Waals surface area contributed by atoms with Gasteiger partial charge in [-0.1, -0.05) is 35.9 Å². The van der Waals surface area contributed by atoms with Gasteiger partial charge >= 0.3 is 0 Å². The van der Waals surface area contributed by atoms with Crippen molar-refractivity contribution in [3.05, 3.63) is 52.4 Å². The Morgan fingerprint density at radius 3 is 2.40 bits per heavy atom. The largest absolute Gasteiger partial charge is 0.367 e. The Morgan fingerprint density at radius 1 is 1.05 bits per heavy atom. The molecule has 1 N–H and O–H groups in total. The van der Waals surface area contributed by atoms with Crippen molar-refractivity contribution in [3.63, 3.8) is 0 Å². The van der Waals surface area contributed by atoms with Crippen LogP contribution in [0.25, 0.3) is 0 Å². The van der Waals surface area contributed by atoms with Gasteiger partial charge in [0.2, 0.25) is 0 Å². The molecule has 0 unspecified atom stereocenters. The molecule has 102 valence electrons. The van der Waals surface area contributed by atoms with E-state index in [9.17, 15) is 0 Å². The molecule has 0 saturated heterocycles. The predicted octanol–water partition coefficient (Wildman–Crippen LogP) is 3.59. The number of hydrogen-bond donors (Lipinski definition) is 1. The molecule has 0 spiro atoms. The van der Waals surface area contributed by atoms with E-state index in [4.69, 9.17) is 11.6 Å². The molecule has 0 atom stereocenters. The number of hydrogen-bond acceptors (Lipinski definition) is 3. The highest BCUT2D eigenvalue weighted by Gasteiger charge is 2.28. The lowest BCUT2D eigenvalue weighted by atomic mass is 10.1. The van der Waals surface area contributed by atoms with Crippen molar-refractivity contribution in [2.24, 2.45) is 0 Å². The minimum atomic E-state index is 0.408. The van der Waals surface area contributed by atoms with Crippen LogP contribution in [0.2, 0.25) is 5.15 Å². The van der Waals surface area contributed by atoms with E-state index in [1.807, 2.05) is 6.07 Å². The first-order chi connectivity index (χ1) is 9.78. The van der Waals surface area contributed by atoms with Crippen LogP contribution in [0.1, 0.15) is 35.7 Å². The Morgan fingerprint density at radius 2 is 1.75 bits per heavy atom. The molecule has 0 amide bonds. The summed E-state index contributed by atoms with van der Waals surface area (Å²) in [4.78, 5) is 8.94. The Labute approximate surface area is 123 Å². The van der Waals surface area contributed by atoms with Crippen LogP contribution >= 0.6 is 11.6 Å². The minimum Gasteiger partial charge on any atom is -0.367 e. The molecular formula is C16H16ClN3. The molecule has 1 fully saturated rings. The zero-order valence-electron chi connectivity index (χ0n) is 11.1. The van der Waals surface area contributed by atoms with E-state index in [1.54, 1.807) is 0 Å². The second-order valence-electron chi connectivity index (χ2n) is 5.73. The molecule has 0 radical (unpaired) electrons. The first-order valence-corrected chi connectivity index (χ1v) is 7.53. The van der Waals surface area contributed by atoms with E-state index in [0.29, 0.717) is 17.1 Å². The van der Waals surface area contributed by atoms with Gasteiger partial charge in [0, 0.05) is 18.0 Å². The third kappa shape index (κ3) is 2.38. The van der Waals surface area contributed by atoms with Crippen molar-refractivity contribution >= 4 is 17.4 Å². The number of nitrogens with one attached hydrogen (secondary N) is 1. The highest BCUT2D eigenvalue weighted by Crippen LogP contribution is 2.39. The fourth-order valence-electron chi connectivity index (χ4n) is 2.90. The number of fused-ring (bicyclic) bond motifs is 1. The highest BCUT2D eigenvalue weighted by molar-refractivity contribution is 6.29. The number of aromatic nitrogens is 2. The normalized spacial score (nSPS) is 18.1. The molecule has 3 nitrogen and oxygen atoms in total. The van der Waals surface area contributed by atoms with Gasteiger partial charge in [0.15, 0.2) is 0 Å². The lowest BCUT2D eigenvalue weighted by molar-refractivity contribution is 0.764. The van der Waals surface area contributed by atoms with Crippen LogP contribution in [0.4, 0.5) is 5.82 Å². The zero-order valence-corrected chi connectivity index (χ0v) is 11.9. The maximum Gasteiger partial charge on any atom is 0.135 e. The number of nitrogens with zero attached hydrogens (tertiary/aromatic N) is 2. The molecule has 4 rings (SSSR count). The van der Waals surface area contributed by atoms with E-state index < -0.39 is 0 Å². The molecule has 20 heavy (non-hydrogen) atoms. The monoisotopic (exact) mass is 285 g/mol. The van der Waals surface area contributed by atoms with Crippen molar-refractivity contribution in [3.8, 4) is 0 Å². The Balaban J connectivity index is 1.53. The average molecular weight is 286 g/mol. The van der Waals surface area contributed by atoms with Gasteiger partial charge in [-0.3, -0.25) is 0 Å². The standard InChI is InChI=1S/C16H16ClN3/c17-14-9-15(20-16(19-14)10-5-6-10)18-13-7-11-3-1-2-4-12(11)8-13/h1-4,9-10,13H,5-8H2,(H,18,19,20). The third-order valence-corrected chi connectivity index (χ3v) is 4.25. The van der Waals surface area contributed by atoms with Crippen molar-refractivity contribution < 1.29 is 0 Å². The lowest BCUT2D eigenvalue weighted by Crippen LogP contribution is -2.20. The summed E-state index contributed by atoms with van der Waals surface area (Å²) in [5.74, 6) is 2.29. The van der Waals surface area contributed by atoms with Gasteiger partial charge in [0.25, 0.3) is 0 Å². The minimum absolute atomic E-state index is 0.408. The molecule has 2 aliphatic carbocycles. The van der Waals surface area contributed by atoms with Crippen LogP contribution in [-0.2, 0) is 12.8 Å². The number of halogens is 1. The molecule has 1 aromatic heterocycles. The highest BCUT2D eigenvalue weighted by atomic mass is 35.5. The van der Waals surface area contributed by atoms with E-state index in [0.717, 1.165) is 24.5 Å². The van der Waals surface area contributed by atoms with Crippen molar-refractivity contribution in [1.29, 1.82) is 0 Å². The first kappa shape index (κ1) is 12.2. The van der Waals surface area contributed by atoms with Crippen LogP contribution in [0.15, 0.2) is 30.3 Å². The molecule has 1 saturated carbocycles. The van der Waals surface area contributed by atoms with Crippen molar-refractivity contribution in [1.82, 2.24) is 9.97 Å². The maximum absolute atomic E-state index is 6.11. The van der Waals surface area contributed by atoms with Gasteiger partial charge in [0.05, 0.1) is 0 Å². The average Bonchev–Trinajstić information content (AvgIpc) is 3.19. The first-order valence-electron chi connectivity index (χ1n) is 7.16. The number of benzene rings is 1. The van der Waals surface area contributed by atoms with Gasteiger partial charge in [-0.25, -0.2) is 9.97 Å².